The lowest BCUT2D eigenvalue weighted by Crippen LogP contribution is -2.42. The molecule has 1 aliphatic rings. The van der Waals surface area contributed by atoms with Crippen LogP contribution in [0.4, 0.5) is 24.9 Å². The van der Waals surface area contributed by atoms with Gasteiger partial charge in [-0.3, -0.25) is 4.79 Å². The standard InChI is InChI=1S/C34H39Cl2N9O4.C2HF3O2/c1-3-27(46)41-25-15-26(30(48)29(25)47)45-19-40-28-31(42-33(43-32(28)45)37-14-13-24-16-44(4-2)18-39-24)38-17-34(49,20-5-9-22(35)10-6-20)21-7-11-23(36)12-8-21;3-2(4,5)1(6)7/h5-12,16,18-19,25-26,29-30,47-49H,3-4,13-15,17H2,1-2H3,(H,41,46)(H2,37,38,42,43);(H,6,7)/t25-,26+,29+,30-;/m0./s1. The lowest BCUT2D eigenvalue weighted by molar-refractivity contribution is -0.192. The quantitative estimate of drug-likeness (QED) is 0.0873. The van der Waals surface area contributed by atoms with E-state index in [9.17, 15) is 33.3 Å². The number of hydrogen-bond acceptors (Lipinski definition) is 11. The molecule has 300 valence electrons. The van der Waals surface area contributed by atoms with Gasteiger partial charge in [0.15, 0.2) is 17.0 Å². The summed E-state index contributed by atoms with van der Waals surface area (Å²) in [4.78, 5) is 39.6. The van der Waals surface area contributed by atoms with E-state index < -0.39 is 42.0 Å². The first-order valence-electron chi connectivity index (χ1n) is 17.5. The van der Waals surface area contributed by atoms with Crippen molar-refractivity contribution in [2.45, 2.75) is 75.7 Å². The summed E-state index contributed by atoms with van der Waals surface area (Å²) in [5.74, 6) is -2.35. The van der Waals surface area contributed by atoms with E-state index in [1.54, 1.807) is 72.7 Å². The van der Waals surface area contributed by atoms with Gasteiger partial charge in [-0.25, -0.2) is 14.8 Å². The van der Waals surface area contributed by atoms with E-state index in [-0.39, 0.29) is 31.2 Å². The molecule has 1 saturated carbocycles. The van der Waals surface area contributed by atoms with Crippen molar-refractivity contribution in [3.05, 3.63) is 94.2 Å². The predicted molar refractivity (Wildman–Crippen MR) is 201 cm³/mol. The lowest BCUT2D eigenvalue weighted by atomic mass is 9.86. The van der Waals surface area contributed by atoms with Gasteiger partial charge in [-0.1, -0.05) is 54.4 Å². The van der Waals surface area contributed by atoms with Crippen LogP contribution in [0.3, 0.4) is 0 Å². The number of carbonyl (C=O) groups excluding carboxylic acids is 1. The number of carboxylic acids is 1. The van der Waals surface area contributed by atoms with E-state index in [0.717, 1.165) is 12.2 Å². The SMILES string of the molecule is CCC(=O)N[C@H]1C[C@@H](n2cnc3c(NCC(O)(c4ccc(Cl)cc4)c4ccc(Cl)cc4)nc(NCCc4cn(CC)cn4)nc32)[C@H](O)[C@@H]1O.O=C(O)C(F)(F)F. The van der Waals surface area contributed by atoms with Crippen molar-refractivity contribution < 1.29 is 43.2 Å². The first-order chi connectivity index (χ1) is 26.5. The Kier molecular flexibility index (Phi) is 13.4. The summed E-state index contributed by atoms with van der Waals surface area (Å²) in [6.45, 7) is 5.06. The van der Waals surface area contributed by atoms with Crippen LogP contribution in [0.15, 0.2) is 67.4 Å². The smallest absolute Gasteiger partial charge is 0.475 e. The first-order valence-corrected chi connectivity index (χ1v) is 18.2. The molecule has 6 rings (SSSR count). The Hall–Kier alpha value is -5.01. The number of amides is 1. The van der Waals surface area contributed by atoms with Gasteiger partial charge in [-0.05, 0) is 48.7 Å². The Morgan fingerprint density at radius 2 is 1.52 bits per heavy atom. The molecular weight excluding hydrogens is 782 g/mol. The second kappa shape index (κ2) is 17.8. The van der Waals surface area contributed by atoms with Gasteiger partial charge in [0.1, 0.15) is 17.8 Å². The van der Waals surface area contributed by atoms with Crippen LogP contribution in [-0.2, 0) is 28.2 Å². The van der Waals surface area contributed by atoms with Gasteiger partial charge >= 0.3 is 12.1 Å². The Morgan fingerprint density at radius 1 is 0.911 bits per heavy atom. The highest BCUT2D eigenvalue weighted by atomic mass is 35.5. The van der Waals surface area contributed by atoms with E-state index in [1.165, 1.54) is 0 Å². The third-order valence-corrected chi connectivity index (χ3v) is 9.72. The van der Waals surface area contributed by atoms with Crippen LogP contribution in [-0.4, -0.2) is 98.9 Å². The zero-order chi connectivity index (χ0) is 40.8. The van der Waals surface area contributed by atoms with Crippen molar-refractivity contribution >= 4 is 58.0 Å². The molecule has 0 aliphatic heterocycles. The van der Waals surface area contributed by atoms with Crippen molar-refractivity contribution in [2.24, 2.45) is 0 Å². The van der Waals surface area contributed by atoms with Crippen LogP contribution >= 0.6 is 23.2 Å². The number of rotatable bonds is 13. The molecule has 20 heteroatoms. The number of imidazole rings is 2. The molecular formula is C36H40Cl2F3N9O6. The fraction of sp³-hybridized carbons (Fsp3) is 0.389. The van der Waals surface area contributed by atoms with Crippen LogP contribution in [0.25, 0.3) is 11.2 Å². The number of carboxylic acid groups (broad SMARTS) is 1. The zero-order valence-corrected chi connectivity index (χ0v) is 31.6. The number of halogens is 5. The number of aliphatic carboxylic acids is 1. The van der Waals surface area contributed by atoms with Crippen LogP contribution in [0.5, 0.6) is 0 Å². The van der Waals surface area contributed by atoms with Crippen LogP contribution in [0, 0.1) is 0 Å². The number of aliphatic hydroxyl groups excluding tert-OH is 2. The Morgan fingerprint density at radius 3 is 2.05 bits per heavy atom. The summed E-state index contributed by atoms with van der Waals surface area (Å²) in [5, 5.41) is 51.7. The Balaban J connectivity index is 0.000000784. The van der Waals surface area contributed by atoms with E-state index in [0.29, 0.717) is 51.1 Å². The number of hydrogen-bond donors (Lipinski definition) is 7. The third-order valence-electron chi connectivity index (χ3n) is 9.21. The number of aliphatic hydroxyl groups is 3. The maximum absolute atomic E-state index is 12.3. The number of fused-ring (bicyclic) bond motifs is 1. The molecule has 1 amide bonds. The molecule has 1 aliphatic carbocycles. The highest BCUT2D eigenvalue weighted by Gasteiger charge is 2.44. The number of aryl methyl sites for hydroxylation is 1. The molecule has 0 unspecified atom stereocenters. The van der Waals surface area contributed by atoms with Gasteiger partial charge in [-0.15, -0.1) is 0 Å². The van der Waals surface area contributed by atoms with Gasteiger partial charge in [0.25, 0.3) is 0 Å². The zero-order valence-electron chi connectivity index (χ0n) is 30.1. The summed E-state index contributed by atoms with van der Waals surface area (Å²) < 4.78 is 35.4. The molecule has 3 aromatic heterocycles. The summed E-state index contributed by atoms with van der Waals surface area (Å²) in [7, 11) is 0. The number of anilines is 2. The van der Waals surface area contributed by atoms with Crippen molar-refractivity contribution in [2.75, 3.05) is 23.7 Å². The van der Waals surface area contributed by atoms with Crippen molar-refractivity contribution in [1.29, 1.82) is 0 Å². The minimum atomic E-state index is -5.08. The van der Waals surface area contributed by atoms with Crippen LogP contribution in [0.1, 0.15) is 49.6 Å². The average Bonchev–Trinajstić information content (AvgIpc) is 3.88. The maximum Gasteiger partial charge on any atom is 0.490 e. The summed E-state index contributed by atoms with van der Waals surface area (Å²) in [6, 6.07) is 12.6. The predicted octanol–water partition coefficient (Wildman–Crippen LogP) is 4.55. The van der Waals surface area contributed by atoms with Gasteiger partial charge in [0, 0.05) is 42.2 Å². The van der Waals surface area contributed by atoms with Gasteiger partial charge in [-0.2, -0.15) is 23.1 Å². The second-order valence-corrected chi connectivity index (χ2v) is 13.8. The number of carbonyl (C=O) groups is 2. The molecule has 0 spiro atoms. The normalized spacial score (nSPS) is 18.3. The monoisotopic (exact) mass is 821 g/mol. The summed E-state index contributed by atoms with van der Waals surface area (Å²) in [6.07, 6.45) is -0.978. The molecule has 5 aromatic rings. The number of nitrogens with zero attached hydrogens (tertiary/aromatic N) is 6. The average molecular weight is 823 g/mol. The minimum absolute atomic E-state index is 0.0149. The molecule has 7 N–H and O–H groups in total. The highest BCUT2D eigenvalue weighted by molar-refractivity contribution is 6.30. The summed E-state index contributed by atoms with van der Waals surface area (Å²) in [5.41, 5.74) is 1.36. The molecule has 4 atom stereocenters. The van der Waals surface area contributed by atoms with Crippen LogP contribution in [0.2, 0.25) is 10.0 Å². The molecule has 0 saturated heterocycles. The Bertz CT molecular complexity index is 2070. The lowest BCUT2D eigenvalue weighted by Gasteiger charge is -2.30. The molecule has 15 nitrogen and oxygen atoms in total. The first kappa shape index (κ1) is 42.1. The largest absolute Gasteiger partial charge is 0.490 e. The summed E-state index contributed by atoms with van der Waals surface area (Å²) >= 11 is 12.4. The molecule has 56 heavy (non-hydrogen) atoms. The van der Waals surface area contributed by atoms with E-state index in [1.807, 2.05) is 17.7 Å². The number of alkyl halides is 3. The van der Waals surface area contributed by atoms with Gasteiger partial charge in [0.2, 0.25) is 11.9 Å². The highest BCUT2D eigenvalue weighted by Crippen LogP contribution is 2.36. The van der Waals surface area contributed by atoms with Crippen LogP contribution < -0.4 is 16.0 Å². The van der Waals surface area contributed by atoms with Crippen molar-refractivity contribution in [1.82, 2.24) is 34.4 Å². The maximum atomic E-state index is 12.3. The minimum Gasteiger partial charge on any atom is -0.475 e. The third kappa shape index (κ3) is 9.86. The van der Waals surface area contributed by atoms with Gasteiger partial charge in [0.05, 0.1) is 37.0 Å². The van der Waals surface area contributed by atoms with E-state index in [4.69, 9.17) is 43.1 Å². The van der Waals surface area contributed by atoms with Gasteiger partial charge < -0.3 is 45.5 Å². The fourth-order valence-electron chi connectivity index (χ4n) is 6.14. The van der Waals surface area contributed by atoms with E-state index >= 15 is 0 Å². The van der Waals surface area contributed by atoms with E-state index in [2.05, 4.69) is 25.9 Å². The number of benzene rings is 2. The van der Waals surface area contributed by atoms with Crippen molar-refractivity contribution in [3.63, 3.8) is 0 Å². The molecule has 0 bridgehead atoms. The fourth-order valence-corrected chi connectivity index (χ4v) is 6.39. The molecule has 3 heterocycles. The molecule has 1 fully saturated rings. The van der Waals surface area contributed by atoms with Crippen molar-refractivity contribution in [3.8, 4) is 0 Å². The Labute approximate surface area is 328 Å². The second-order valence-electron chi connectivity index (χ2n) is 12.9. The number of aromatic nitrogens is 6. The molecule has 0 radical (unpaired) electrons. The topological polar surface area (TPSA) is 213 Å². The number of nitrogens with one attached hydrogen (secondary N) is 3. The molecule has 2 aromatic carbocycles.